The fraction of sp³-hybridized carbons (Fsp3) is 0.190. The summed E-state index contributed by atoms with van der Waals surface area (Å²) < 4.78 is 13.2. The van der Waals surface area contributed by atoms with E-state index in [1.165, 1.54) is 0 Å². The van der Waals surface area contributed by atoms with Crippen LogP contribution in [0, 0.1) is 11.8 Å². The molecule has 0 atom stereocenters. The highest BCUT2D eigenvalue weighted by molar-refractivity contribution is 6.08. The van der Waals surface area contributed by atoms with Gasteiger partial charge in [0.1, 0.15) is 12.4 Å². The highest BCUT2D eigenvalue weighted by Crippen LogP contribution is 2.26. The summed E-state index contributed by atoms with van der Waals surface area (Å²) in [4.78, 5) is 20.0. The molecule has 0 unspecified atom stereocenters. The van der Waals surface area contributed by atoms with Crippen LogP contribution in [0.1, 0.15) is 50.5 Å². The number of fused-ring (bicyclic) bond motifs is 2. The van der Waals surface area contributed by atoms with Gasteiger partial charge >= 0.3 is 5.97 Å². The van der Waals surface area contributed by atoms with E-state index in [1.54, 1.807) is 37.8 Å². The Hall–Kier alpha value is -6.40. The molecule has 0 aliphatic carbocycles. The lowest BCUT2D eigenvalue weighted by Crippen LogP contribution is -2.25. The smallest absolute Gasteiger partial charge is 0.331 e. The number of pyridine rings is 1. The van der Waals surface area contributed by atoms with Crippen molar-refractivity contribution in [3.8, 4) is 17.6 Å². The minimum Gasteiger partial charge on any atom is -0.485 e. The molecule has 0 bridgehead atoms. The van der Waals surface area contributed by atoms with Crippen LogP contribution < -0.4 is 4.74 Å². The number of esters is 1. The van der Waals surface area contributed by atoms with Gasteiger partial charge in [-0.25, -0.2) is 4.79 Å². The van der Waals surface area contributed by atoms with Gasteiger partial charge in [-0.3, -0.25) is 9.98 Å². The molecule has 0 N–H and O–H groups in total. The molecule has 9 nitrogen and oxygen atoms in total. The Labute approximate surface area is 299 Å². The maximum Gasteiger partial charge on any atom is 0.331 e. The maximum atomic E-state index is 11.5. The normalized spacial score (nSPS) is 12.8. The van der Waals surface area contributed by atoms with E-state index in [1.807, 2.05) is 98.8 Å². The Morgan fingerprint density at radius 3 is 2.59 bits per heavy atom. The van der Waals surface area contributed by atoms with Crippen LogP contribution in [-0.2, 0) is 22.6 Å². The molecule has 0 fully saturated rings. The summed E-state index contributed by atoms with van der Waals surface area (Å²) in [5.41, 5.74) is 5.46. The van der Waals surface area contributed by atoms with Crippen molar-refractivity contribution in [2.75, 3.05) is 7.05 Å². The third kappa shape index (κ3) is 10.8. The van der Waals surface area contributed by atoms with Gasteiger partial charge in [-0.05, 0) is 75.3 Å². The summed E-state index contributed by atoms with van der Waals surface area (Å²) in [5.74, 6) is 7.51. The average Bonchev–Trinajstić information content (AvgIpc) is 3.38. The van der Waals surface area contributed by atoms with Crippen LogP contribution >= 0.6 is 0 Å². The molecule has 5 rings (SSSR count). The molecule has 0 radical (unpaired) electrons. The minimum atomic E-state index is -0.951. The largest absolute Gasteiger partial charge is 0.485 e. The van der Waals surface area contributed by atoms with Gasteiger partial charge in [0, 0.05) is 48.0 Å². The predicted octanol–water partition coefficient (Wildman–Crippen LogP) is 7.95. The number of carbonyl (C=O) groups is 1. The summed E-state index contributed by atoms with van der Waals surface area (Å²) in [6.45, 7) is 18.6. The zero-order valence-electron chi connectivity index (χ0n) is 29.8. The second kappa shape index (κ2) is 17.8. The summed E-state index contributed by atoms with van der Waals surface area (Å²) >= 11 is 0. The third-order valence-electron chi connectivity index (χ3n) is 7.47. The standard InChI is InChI=1S/C30H25N5O3.C12H17N/c1-4-29(36)38-30(2,3)17-15-21-13-14-23-25(19-21)31-18-16-26(23)37-20-28-33-32-27-12-8-11-24(34-35(27)28)22-9-6-5-7-10-22;1-6-7-10(2)11(3)8-9-12(4)13-5/h4-11,13-14,16,18-19H,1,12,20H2,2-3H3;6-9H,1,3H2,2,4-5H3/b;9-8-,10-7+,13-12?. The second-order valence-electron chi connectivity index (χ2n) is 11.8. The summed E-state index contributed by atoms with van der Waals surface area (Å²) in [5, 5.41) is 14.3. The fourth-order valence-corrected chi connectivity index (χ4v) is 4.58. The van der Waals surface area contributed by atoms with Gasteiger partial charge in [0.2, 0.25) is 0 Å². The molecule has 2 aromatic carbocycles. The molecule has 1 aliphatic heterocycles. The molecule has 3 heterocycles. The second-order valence-corrected chi connectivity index (χ2v) is 11.8. The number of allylic oxidation sites excluding steroid dienone is 8. The quantitative estimate of drug-likeness (QED) is 0.0555. The van der Waals surface area contributed by atoms with E-state index in [2.05, 4.69) is 51.8 Å². The van der Waals surface area contributed by atoms with Crippen molar-refractivity contribution in [1.82, 2.24) is 19.9 Å². The van der Waals surface area contributed by atoms with Crippen LogP contribution in [0.3, 0.4) is 0 Å². The molecule has 9 heteroatoms. The van der Waals surface area contributed by atoms with Crippen LogP contribution in [0.15, 0.2) is 144 Å². The summed E-state index contributed by atoms with van der Waals surface area (Å²) in [6, 6.07) is 17.4. The lowest BCUT2D eigenvalue weighted by Gasteiger charge is -2.17. The number of nitrogens with zero attached hydrogens (tertiary/aromatic N) is 6. The number of rotatable bonds is 10. The number of aromatic nitrogens is 4. The van der Waals surface area contributed by atoms with Crippen LogP contribution in [-0.4, -0.2) is 49.9 Å². The Bertz CT molecular complexity index is 2140. The molecule has 0 saturated carbocycles. The van der Waals surface area contributed by atoms with Gasteiger partial charge in [-0.2, -0.15) is 9.78 Å². The molecular formula is C42H42N6O3. The molecule has 51 heavy (non-hydrogen) atoms. The first-order chi connectivity index (χ1) is 24.5. The van der Waals surface area contributed by atoms with Gasteiger partial charge in [-0.1, -0.05) is 86.2 Å². The van der Waals surface area contributed by atoms with Crippen LogP contribution in [0.2, 0.25) is 0 Å². The first kappa shape index (κ1) is 37.4. The van der Waals surface area contributed by atoms with Crippen LogP contribution in [0.25, 0.3) is 10.9 Å². The minimum absolute atomic E-state index is 0.183. The molecule has 258 valence electrons. The third-order valence-corrected chi connectivity index (χ3v) is 7.47. The average molecular weight is 679 g/mol. The van der Waals surface area contributed by atoms with E-state index < -0.39 is 11.6 Å². The molecule has 2 aromatic heterocycles. The number of aliphatic imine (C=N–C) groups is 1. The number of carbonyl (C=O) groups excluding carboxylic acids is 1. The van der Waals surface area contributed by atoms with Gasteiger partial charge in [0.15, 0.2) is 17.2 Å². The van der Waals surface area contributed by atoms with Crippen molar-refractivity contribution < 1.29 is 14.3 Å². The fourth-order valence-electron chi connectivity index (χ4n) is 4.58. The van der Waals surface area contributed by atoms with Gasteiger partial charge in [0.05, 0.1) is 11.2 Å². The summed E-state index contributed by atoms with van der Waals surface area (Å²) in [6.07, 6.45) is 15.1. The predicted molar refractivity (Wildman–Crippen MR) is 206 cm³/mol. The maximum absolute atomic E-state index is 11.5. The Kier molecular flexibility index (Phi) is 13.1. The summed E-state index contributed by atoms with van der Waals surface area (Å²) in [7, 11) is 1.77. The van der Waals surface area contributed by atoms with Gasteiger partial charge in [-0.15, -0.1) is 10.2 Å². The first-order valence-corrected chi connectivity index (χ1v) is 16.3. The van der Waals surface area contributed by atoms with E-state index in [0.717, 1.165) is 56.5 Å². The number of ether oxygens (including phenoxy) is 2. The Balaban J connectivity index is 0.000000383. The van der Waals surface area contributed by atoms with E-state index in [4.69, 9.17) is 14.6 Å². The van der Waals surface area contributed by atoms with Crippen molar-refractivity contribution in [3.05, 3.63) is 157 Å². The van der Waals surface area contributed by atoms with Crippen molar-refractivity contribution in [2.45, 2.75) is 46.3 Å². The molecule has 0 spiro atoms. The number of benzene rings is 2. The molecule has 4 aromatic rings. The zero-order chi connectivity index (χ0) is 36.8. The first-order valence-electron chi connectivity index (χ1n) is 16.3. The zero-order valence-corrected chi connectivity index (χ0v) is 29.8. The van der Waals surface area contributed by atoms with Crippen molar-refractivity contribution >= 4 is 28.3 Å². The van der Waals surface area contributed by atoms with Gasteiger partial charge in [0.25, 0.3) is 0 Å². The van der Waals surface area contributed by atoms with Gasteiger partial charge < -0.3 is 9.47 Å². The molecular weight excluding hydrogens is 637 g/mol. The van der Waals surface area contributed by atoms with Crippen LogP contribution in [0.4, 0.5) is 0 Å². The molecule has 0 amide bonds. The lowest BCUT2D eigenvalue weighted by molar-refractivity contribution is -0.145. The Morgan fingerprint density at radius 1 is 1.08 bits per heavy atom. The van der Waals surface area contributed by atoms with Crippen molar-refractivity contribution in [2.24, 2.45) is 10.1 Å². The highest BCUT2D eigenvalue weighted by Gasteiger charge is 2.18. The SMILES string of the molecule is C=C/C=C(\C)C(=C)/C=C\C(C)=NC.C=CC(=O)OC(C)(C)C#Cc1ccc2c(OCc3nnc4n3N=C(c3ccccc3)C=CC4)ccnc2c1. The highest BCUT2D eigenvalue weighted by atomic mass is 16.6. The van der Waals surface area contributed by atoms with Crippen molar-refractivity contribution in [3.63, 3.8) is 0 Å². The Morgan fingerprint density at radius 2 is 1.86 bits per heavy atom. The number of hydrogen-bond acceptors (Lipinski definition) is 8. The monoisotopic (exact) mass is 678 g/mol. The van der Waals surface area contributed by atoms with E-state index in [0.29, 0.717) is 18.0 Å². The van der Waals surface area contributed by atoms with E-state index in [9.17, 15) is 4.79 Å². The van der Waals surface area contributed by atoms with E-state index >= 15 is 0 Å². The van der Waals surface area contributed by atoms with E-state index in [-0.39, 0.29) is 6.61 Å². The lowest BCUT2D eigenvalue weighted by atomic mass is 10.1. The van der Waals surface area contributed by atoms with Crippen LogP contribution in [0.5, 0.6) is 5.75 Å². The molecule has 0 saturated heterocycles. The number of hydrogen-bond donors (Lipinski definition) is 0. The topological polar surface area (TPSA) is 104 Å². The molecule has 1 aliphatic rings. The van der Waals surface area contributed by atoms with Crippen molar-refractivity contribution in [1.29, 1.82) is 0 Å².